The number of para-hydroxylation sites is 3. The van der Waals surface area contributed by atoms with Crippen LogP contribution in [0.4, 0.5) is 0 Å². The average molecular weight is 615 g/mol. The molecule has 0 N–H and O–H groups in total. The lowest BCUT2D eigenvalue weighted by atomic mass is 10.1. The molecule has 0 atom stereocenters. The Hall–Kier alpha value is -6.66. The van der Waals surface area contributed by atoms with E-state index in [2.05, 4.69) is 112 Å². The Labute approximate surface area is 275 Å². The molecule has 0 aliphatic carbocycles. The molecule has 0 aliphatic rings. The Morgan fingerprint density at radius 1 is 0.417 bits per heavy atom. The molecule has 0 saturated carbocycles. The molecule has 0 amide bonds. The van der Waals surface area contributed by atoms with E-state index in [-0.39, 0.29) is 0 Å². The summed E-state index contributed by atoms with van der Waals surface area (Å²) in [6, 6.07) is 52.5. The summed E-state index contributed by atoms with van der Waals surface area (Å²) in [4.78, 5) is 20.4. The maximum absolute atomic E-state index is 5.26. The van der Waals surface area contributed by atoms with Crippen LogP contribution in [0.3, 0.4) is 0 Å². The molecular formula is C42H26N6. The number of fused-ring (bicyclic) bond motifs is 8. The van der Waals surface area contributed by atoms with E-state index in [1.165, 1.54) is 21.7 Å². The quantitative estimate of drug-likeness (QED) is 0.198. The smallest absolute Gasteiger partial charge is 0.237 e. The van der Waals surface area contributed by atoms with Gasteiger partial charge in [-0.3, -0.25) is 4.57 Å². The summed E-state index contributed by atoms with van der Waals surface area (Å²) >= 11 is 0. The highest BCUT2D eigenvalue weighted by Crippen LogP contribution is 2.42. The van der Waals surface area contributed by atoms with E-state index in [9.17, 15) is 0 Å². The van der Waals surface area contributed by atoms with Crippen LogP contribution in [0.2, 0.25) is 0 Å². The highest BCUT2D eigenvalue weighted by molar-refractivity contribution is 6.28. The topological polar surface area (TPSA) is 61.4 Å². The molecule has 4 heterocycles. The van der Waals surface area contributed by atoms with Crippen LogP contribution in [0.1, 0.15) is 0 Å². The van der Waals surface area contributed by atoms with Crippen molar-refractivity contribution >= 4 is 54.8 Å². The van der Waals surface area contributed by atoms with Gasteiger partial charge in [-0.1, -0.05) is 115 Å². The molecule has 224 valence electrons. The molecule has 0 unspecified atom stereocenters. The standard InChI is InChI=1S/C42H26N6/c1-4-14-27(15-5-1)32-26-43-40-39(28-16-6-2-7-17-28)45-42(46-41(40)44-32)48-34-23-13-11-21-31(34)38-36(48)25-24-35-37(38)30-20-10-12-22-33(30)47(35)29-18-8-3-9-19-29/h1-26H. The Morgan fingerprint density at radius 3 is 1.62 bits per heavy atom. The van der Waals surface area contributed by atoms with Crippen LogP contribution in [-0.4, -0.2) is 29.1 Å². The van der Waals surface area contributed by atoms with E-state index in [1.807, 2.05) is 54.7 Å². The highest BCUT2D eigenvalue weighted by atomic mass is 15.2. The van der Waals surface area contributed by atoms with E-state index in [1.54, 1.807) is 0 Å². The molecule has 0 fully saturated rings. The number of nitrogens with zero attached hydrogens (tertiary/aromatic N) is 6. The Kier molecular flexibility index (Phi) is 5.77. The minimum atomic E-state index is 0.549. The van der Waals surface area contributed by atoms with Crippen LogP contribution in [-0.2, 0) is 0 Å². The Morgan fingerprint density at radius 2 is 0.958 bits per heavy atom. The van der Waals surface area contributed by atoms with Gasteiger partial charge in [0.05, 0.1) is 34.0 Å². The first-order valence-corrected chi connectivity index (χ1v) is 16.0. The summed E-state index contributed by atoms with van der Waals surface area (Å²) in [7, 11) is 0. The molecular weight excluding hydrogens is 589 g/mol. The van der Waals surface area contributed by atoms with Crippen molar-refractivity contribution in [2.24, 2.45) is 0 Å². The van der Waals surface area contributed by atoms with Gasteiger partial charge in [0.15, 0.2) is 5.65 Å². The molecule has 0 bridgehead atoms. The summed E-state index contributed by atoms with van der Waals surface area (Å²) in [6.07, 6.45) is 1.81. The van der Waals surface area contributed by atoms with Gasteiger partial charge in [-0.25, -0.2) is 15.0 Å². The summed E-state index contributed by atoms with van der Waals surface area (Å²) in [6.45, 7) is 0. The molecule has 0 saturated heterocycles. The lowest BCUT2D eigenvalue weighted by Crippen LogP contribution is -2.05. The molecule has 48 heavy (non-hydrogen) atoms. The van der Waals surface area contributed by atoms with Crippen molar-refractivity contribution in [2.75, 3.05) is 0 Å². The Balaban J connectivity index is 1.32. The third kappa shape index (κ3) is 3.93. The second kappa shape index (κ2) is 10.4. The Bertz CT molecular complexity index is 2820. The third-order valence-electron chi connectivity index (χ3n) is 9.20. The van der Waals surface area contributed by atoms with Gasteiger partial charge in [-0.05, 0) is 36.4 Å². The second-order valence-corrected chi connectivity index (χ2v) is 11.9. The number of hydrogen-bond acceptors (Lipinski definition) is 4. The first kappa shape index (κ1) is 26.5. The van der Waals surface area contributed by atoms with Gasteiger partial charge < -0.3 is 4.57 Å². The summed E-state index contributed by atoms with van der Waals surface area (Å²) in [5, 5.41) is 4.72. The van der Waals surface area contributed by atoms with E-state index < -0.39 is 0 Å². The van der Waals surface area contributed by atoms with E-state index >= 15 is 0 Å². The van der Waals surface area contributed by atoms with Gasteiger partial charge in [0.2, 0.25) is 5.95 Å². The zero-order valence-corrected chi connectivity index (χ0v) is 25.7. The summed E-state index contributed by atoms with van der Waals surface area (Å²) in [5.41, 5.74) is 10.2. The minimum absolute atomic E-state index is 0.549. The second-order valence-electron chi connectivity index (χ2n) is 11.9. The van der Waals surface area contributed by atoms with Crippen LogP contribution in [0.5, 0.6) is 0 Å². The molecule has 10 rings (SSSR count). The van der Waals surface area contributed by atoms with E-state index in [0.29, 0.717) is 17.1 Å². The van der Waals surface area contributed by atoms with Crippen molar-refractivity contribution in [3.8, 4) is 34.2 Å². The van der Waals surface area contributed by atoms with Crippen LogP contribution >= 0.6 is 0 Å². The van der Waals surface area contributed by atoms with Crippen LogP contribution in [0, 0.1) is 0 Å². The van der Waals surface area contributed by atoms with Crippen LogP contribution in [0.25, 0.3) is 88.9 Å². The van der Waals surface area contributed by atoms with Crippen LogP contribution < -0.4 is 0 Å². The van der Waals surface area contributed by atoms with Crippen molar-refractivity contribution in [1.82, 2.24) is 29.1 Å². The number of aromatic nitrogens is 6. The van der Waals surface area contributed by atoms with Gasteiger partial charge >= 0.3 is 0 Å². The lowest BCUT2D eigenvalue weighted by Gasteiger charge is -2.12. The maximum atomic E-state index is 5.26. The SMILES string of the molecule is c1ccc(-c2cnc3c(-c4ccccc4)nc(-n4c5ccccc5c5c6c7ccccc7n(-c7ccccc7)c6ccc54)nc3n2)cc1. The zero-order chi connectivity index (χ0) is 31.6. The molecule has 0 spiro atoms. The fraction of sp³-hybridized carbons (Fsp3) is 0. The van der Waals surface area contributed by atoms with E-state index in [4.69, 9.17) is 19.9 Å². The molecule has 10 aromatic rings. The van der Waals surface area contributed by atoms with Crippen molar-refractivity contribution in [3.05, 3.63) is 158 Å². The molecule has 6 heteroatoms. The summed E-state index contributed by atoms with van der Waals surface area (Å²) in [5.74, 6) is 0.554. The van der Waals surface area contributed by atoms with Gasteiger partial charge in [0.1, 0.15) is 11.2 Å². The first-order valence-electron chi connectivity index (χ1n) is 16.0. The van der Waals surface area contributed by atoms with Gasteiger partial charge in [-0.2, -0.15) is 4.98 Å². The fourth-order valence-electron chi connectivity index (χ4n) is 7.13. The number of rotatable bonds is 4. The van der Waals surface area contributed by atoms with Crippen molar-refractivity contribution in [2.45, 2.75) is 0 Å². The monoisotopic (exact) mass is 614 g/mol. The molecule has 6 nitrogen and oxygen atoms in total. The number of hydrogen-bond donors (Lipinski definition) is 0. The van der Waals surface area contributed by atoms with Crippen molar-refractivity contribution in [3.63, 3.8) is 0 Å². The number of benzene rings is 6. The van der Waals surface area contributed by atoms with Crippen molar-refractivity contribution in [1.29, 1.82) is 0 Å². The lowest BCUT2D eigenvalue weighted by molar-refractivity contribution is 0.999. The first-order chi connectivity index (χ1) is 23.8. The van der Waals surface area contributed by atoms with Crippen molar-refractivity contribution < 1.29 is 0 Å². The predicted octanol–water partition coefficient (Wildman–Crippen LogP) is 9.95. The van der Waals surface area contributed by atoms with E-state index in [0.717, 1.165) is 50.1 Å². The largest absolute Gasteiger partial charge is 0.309 e. The molecule has 0 aliphatic heterocycles. The normalized spacial score (nSPS) is 11.8. The predicted molar refractivity (Wildman–Crippen MR) is 195 cm³/mol. The maximum Gasteiger partial charge on any atom is 0.237 e. The average Bonchev–Trinajstić information content (AvgIpc) is 3.68. The highest BCUT2D eigenvalue weighted by Gasteiger charge is 2.22. The molecule has 0 radical (unpaired) electrons. The van der Waals surface area contributed by atoms with Gasteiger partial charge in [0.25, 0.3) is 0 Å². The molecule has 6 aromatic carbocycles. The third-order valence-corrected chi connectivity index (χ3v) is 9.20. The van der Waals surface area contributed by atoms with Gasteiger partial charge in [0, 0.05) is 38.4 Å². The van der Waals surface area contributed by atoms with Crippen LogP contribution in [0.15, 0.2) is 158 Å². The fourth-order valence-corrected chi connectivity index (χ4v) is 7.13. The minimum Gasteiger partial charge on any atom is -0.309 e. The molecule has 4 aromatic heterocycles. The summed E-state index contributed by atoms with van der Waals surface area (Å²) < 4.78 is 4.54. The van der Waals surface area contributed by atoms with Gasteiger partial charge in [-0.15, -0.1) is 0 Å². The zero-order valence-electron chi connectivity index (χ0n) is 25.7.